The van der Waals surface area contributed by atoms with Gasteiger partial charge in [0.1, 0.15) is 6.10 Å². The first kappa shape index (κ1) is 59.6. The SMILES string of the molecule is CC/C=C/C/C=C/C/C=C/C/C=C/CCCC(CC(=O)NC(CO)C(O)CCCCCCCCCCCCCCCCC)OC(=O)CCCCC/C=C\CCCCCCCCC. The minimum Gasteiger partial charge on any atom is -0.462 e. The van der Waals surface area contributed by atoms with Gasteiger partial charge in [0, 0.05) is 6.42 Å². The van der Waals surface area contributed by atoms with Gasteiger partial charge in [0.05, 0.1) is 25.2 Å². The second-order valence-electron chi connectivity index (χ2n) is 17.9. The quantitative estimate of drug-likeness (QED) is 0.0322. The van der Waals surface area contributed by atoms with E-state index in [0.717, 1.165) is 89.9 Å². The van der Waals surface area contributed by atoms with Gasteiger partial charge in [0.2, 0.25) is 5.91 Å². The van der Waals surface area contributed by atoms with E-state index in [-0.39, 0.29) is 24.9 Å². The van der Waals surface area contributed by atoms with Crippen LogP contribution in [0.25, 0.3) is 0 Å². The van der Waals surface area contributed by atoms with Crippen molar-refractivity contribution in [2.24, 2.45) is 0 Å². The van der Waals surface area contributed by atoms with Crippen LogP contribution < -0.4 is 5.32 Å². The van der Waals surface area contributed by atoms with E-state index in [0.29, 0.717) is 19.3 Å². The van der Waals surface area contributed by atoms with Gasteiger partial charge < -0.3 is 20.3 Å². The van der Waals surface area contributed by atoms with Gasteiger partial charge in [-0.05, 0) is 83.5 Å². The summed E-state index contributed by atoms with van der Waals surface area (Å²) in [6.45, 7) is 6.36. The molecule has 0 rings (SSSR count). The zero-order valence-corrected chi connectivity index (χ0v) is 41.0. The maximum Gasteiger partial charge on any atom is 0.306 e. The second-order valence-corrected chi connectivity index (χ2v) is 17.9. The zero-order chi connectivity index (χ0) is 45.2. The lowest BCUT2D eigenvalue weighted by Crippen LogP contribution is -2.46. The number of rotatable bonds is 47. The molecule has 0 aromatic rings. The monoisotopic (exact) mass is 868 g/mol. The van der Waals surface area contributed by atoms with Gasteiger partial charge >= 0.3 is 5.97 Å². The number of aliphatic hydroxyl groups is 2. The fourth-order valence-corrected chi connectivity index (χ4v) is 7.83. The summed E-state index contributed by atoms with van der Waals surface area (Å²) in [4.78, 5) is 26.1. The predicted molar refractivity (Wildman–Crippen MR) is 268 cm³/mol. The Morgan fingerprint density at radius 2 is 0.887 bits per heavy atom. The molecule has 360 valence electrons. The molecule has 1 amide bonds. The molecule has 0 aliphatic carbocycles. The third-order valence-corrected chi connectivity index (χ3v) is 11.8. The molecule has 3 unspecified atom stereocenters. The minimum absolute atomic E-state index is 0.0334. The molecule has 0 fully saturated rings. The predicted octanol–water partition coefficient (Wildman–Crippen LogP) is 16.0. The fraction of sp³-hybridized carbons (Fsp3) is 0.786. The normalized spacial score (nSPS) is 13.7. The average molecular weight is 868 g/mol. The van der Waals surface area contributed by atoms with Gasteiger partial charge in [-0.15, -0.1) is 0 Å². The van der Waals surface area contributed by atoms with Crippen molar-refractivity contribution in [3.8, 4) is 0 Å². The number of aliphatic hydroxyl groups excluding tert-OH is 2. The summed E-state index contributed by atoms with van der Waals surface area (Å²) in [5.41, 5.74) is 0. The third kappa shape index (κ3) is 44.2. The Balaban J connectivity index is 4.65. The number of allylic oxidation sites excluding steroid dienone is 10. The molecule has 0 heterocycles. The molecule has 3 N–H and O–H groups in total. The zero-order valence-electron chi connectivity index (χ0n) is 41.0. The van der Waals surface area contributed by atoms with E-state index in [9.17, 15) is 19.8 Å². The highest BCUT2D eigenvalue weighted by Crippen LogP contribution is 2.17. The number of hydrogen-bond acceptors (Lipinski definition) is 5. The Kier molecular flexibility index (Phi) is 47.6. The first-order chi connectivity index (χ1) is 30.5. The van der Waals surface area contributed by atoms with Crippen molar-refractivity contribution in [3.05, 3.63) is 60.8 Å². The maximum atomic E-state index is 13.2. The summed E-state index contributed by atoms with van der Waals surface area (Å²) in [6.07, 6.45) is 61.4. The molecule has 0 spiro atoms. The smallest absolute Gasteiger partial charge is 0.306 e. The number of carbonyl (C=O) groups is 2. The molecule has 6 nitrogen and oxygen atoms in total. The number of nitrogens with one attached hydrogen (secondary N) is 1. The van der Waals surface area contributed by atoms with Gasteiger partial charge in [-0.25, -0.2) is 0 Å². The van der Waals surface area contributed by atoms with Gasteiger partial charge in [0.15, 0.2) is 0 Å². The molecule has 6 heteroatoms. The summed E-state index contributed by atoms with van der Waals surface area (Å²) in [5, 5.41) is 23.8. The number of carbonyl (C=O) groups excluding carboxylic acids is 2. The molecule has 62 heavy (non-hydrogen) atoms. The highest BCUT2D eigenvalue weighted by atomic mass is 16.5. The Hall–Kier alpha value is -2.44. The summed E-state index contributed by atoms with van der Waals surface area (Å²) >= 11 is 0. The number of amides is 1. The van der Waals surface area contributed by atoms with Crippen LogP contribution >= 0.6 is 0 Å². The van der Waals surface area contributed by atoms with Crippen LogP contribution in [-0.4, -0.2) is 46.9 Å². The highest BCUT2D eigenvalue weighted by molar-refractivity contribution is 5.77. The lowest BCUT2D eigenvalue weighted by molar-refractivity contribution is -0.151. The summed E-state index contributed by atoms with van der Waals surface area (Å²) in [5.74, 6) is -0.544. The molecular formula is C56H101NO5. The van der Waals surface area contributed by atoms with Crippen molar-refractivity contribution in [3.63, 3.8) is 0 Å². The van der Waals surface area contributed by atoms with E-state index in [1.54, 1.807) is 0 Å². The van der Waals surface area contributed by atoms with E-state index in [2.05, 4.69) is 86.8 Å². The van der Waals surface area contributed by atoms with E-state index in [1.165, 1.54) is 122 Å². The molecule has 0 aliphatic rings. The van der Waals surface area contributed by atoms with Crippen LogP contribution in [0.15, 0.2) is 60.8 Å². The van der Waals surface area contributed by atoms with Gasteiger partial charge in [0.25, 0.3) is 0 Å². The van der Waals surface area contributed by atoms with Crippen molar-refractivity contribution < 1.29 is 24.5 Å². The number of hydrogen-bond donors (Lipinski definition) is 3. The fourth-order valence-electron chi connectivity index (χ4n) is 7.83. The standard InChI is InChI=1S/C56H101NO5/c1-4-7-10-13-16-19-22-25-28-30-33-36-39-42-45-48-54(59)53(51-58)57-55(60)50-52(47-44-41-38-35-32-29-26-23-20-17-14-11-8-5-2)62-56(61)49-46-43-40-37-34-31-27-24-21-18-15-12-9-6-3/h8,11,17,20,26,29,31,34-35,38,52-54,58-59H,4-7,9-10,12-16,18-19,21-25,27-28,30,32-33,36-37,39-51H2,1-3H3,(H,57,60)/b11-8+,20-17+,29-26+,34-31-,38-35+. The number of ether oxygens (including phenoxy) is 1. The van der Waals surface area contributed by atoms with Crippen LogP contribution in [0.3, 0.4) is 0 Å². The Bertz CT molecular complexity index is 1110. The molecule has 0 saturated carbocycles. The number of unbranched alkanes of at least 4 members (excludes halogenated alkanes) is 25. The van der Waals surface area contributed by atoms with Gasteiger partial charge in [-0.2, -0.15) is 0 Å². The van der Waals surface area contributed by atoms with E-state index in [1.807, 2.05) is 0 Å². The maximum absolute atomic E-state index is 13.2. The summed E-state index contributed by atoms with van der Waals surface area (Å²) < 4.78 is 5.90. The van der Waals surface area contributed by atoms with Crippen LogP contribution in [0.2, 0.25) is 0 Å². The second kappa shape index (κ2) is 49.6. The lowest BCUT2D eigenvalue weighted by Gasteiger charge is -2.24. The van der Waals surface area contributed by atoms with E-state index >= 15 is 0 Å². The summed E-state index contributed by atoms with van der Waals surface area (Å²) in [7, 11) is 0. The Morgan fingerprint density at radius 1 is 0.484 bits per heavy atom. The van der Waals surface area contributed by atoms with Crippen LogP contribution in [0.4, 0.5) is 0 Å². The molecule has 3 atom stereocenters. The molecule has 0 radical (unpaired) electrons. The number of esters is 1. The van der Waals surface area contributed by atoms with Crippen molar-refractivity contribution in [1.82, 2.24) is 5.32 Å². The third-order valence-electron chi connectivity index (χ3n) is 11.8. The first-order valence-electron chi connectivity index (χ1n) is 26.5. The van der Waals surface area contributed by atoms with E-state index < -0.39 is 18.2 Å². The molecule has 0 aliphatic heterocycles. The highest BCUT2D eigenvalue weighted by Gasteiger charge is 2.24. The first-order valence-corrected chi connectivity index (χ1v) is 26.5. The summed E-state index contributed by atoms with van der Waals surface area (Å²) in [6, 6.07) is -0.723. The van der Waals surface area contributed by atoms with Crippen molar-refractivity contribution in [2.45, 2.75) is 277 Å². The van der Waals surface area contributed by atoms with Crippen LogP contribution in [0.1, 0.15) is 258 Å². The minimum atomic E-state index is -0.805. The molecular weight excluding hydrogens is 767 g/mol. The van der Waals surface area contributed by atoms with E-state index in [4.69, 9.17) is 4.74 Å². The molecule has 0 bridgehead atoms. The molecule has 0 aromatic heterocycles. The van der Waals surface area contributed by atoms with Crippen LogP contribution in [0, 0.1) is 0 Å². The topological polar surface area (TPSA) is 95.9 Å². The van der Waals surface area contributed by atoms with Crippen molar-refractivity contribution in [2.75, 3.05) is 6.61 Å². The molecule has 0 saturated heterocycles. The van der Waals surface area contributed by atoms with Gasteiger partial charge in [-0.3, -0.25) is 9.59 Å². The van der Waals surface area contributed by atoms with Crippen molar-refractivity contribution >= 4 is 11.9 Å². The average Bonchev–Trinajstić information content (AvgIpc) is 3.26. The molecule has 0 aromatic carbocycles. The lowest BCUT2D eigenvalue weighted by atomic mass is 10.0. The Morgan fingerprint density at radius 3 is 1.37 bits per heavy atom. The van der Waals surface area contributed by atoms with Crippen molar-refractivity contribution in [1.29, 1.82) is 0 Å². The van der Waals surface area contributed by atoms with Crippen LogP contribution in [-0.2, 0) is 14.3 Å². The Labute approximate surface area is 384 Å². The largest absolute Gasteiger partial charge is 0.462 e. The van der Waals surface area contributed by atoms with Crippen LogP contribution in [0.5, 0.6) is 0 Å². The van der Waals surface area contributed by atoms with Gasteiger partial charge in [-0.1, -0.05) is 223 Å².